The molecule has 4 N–H and O–H groups in total. The van der Waals surface area contributed by atoms with Crippen LogP contribution in [0.1, 0.15) is 13.3 Å². The Bertz CT molecular complexity index is 131. The zero-order chi connectivity index (χ0) is 8.43. The molecule has 1 rings (SSSR count). The quantitative estimate of drug-likeness (QED) is 0.376. The summed E-state index contributed by atoms with van der Waals surface area (Å²) in [5, 5.41) is 30.3. The Morgan fingerprint density at radius 1 is 1.45 bits per heavy atom. The first kappa shape index (κ1) is 8.93. The largest absolute Gasteiger partial charge is 0.395 e. The van der Waals surface area contributed by atoms with Crippen molar-refractivity contribution in [3.8, 4) is 0 Å². The Kier molecular flexibility index (Phi) is 2.84. The molecule has 1 aliphatic heterocycles. The Hall–Kier alpha value is -0.160. The van der Waals surface area contributed by atoms with Crippen LogP contribution < -0.4 is 5.32 Å². The Labute approximate surface area is 65.9 Å². The predicted molar refractivity (Wildman–Crippen MR) is 40.1 cm³/mol. The van der Waals surface area contributed by atoms with Crippen LogP contribution in [0.2, 0.25) is 0 Å². The van der Waals surface area contributed by atoms with E-state index >= 15 is 0 Å². The van der Waals surface area contributed by atoms with E-state index in [2.05, 4.69) is 5.32 Å². The highest BCUT2D eigenvalue weighted by atomic mass is 16.3. The van der Waals surface area contributed by atoms with Crippen LogP contribution >= 0.6 is 0 Å². The van der Waals surface area contributed by atoms with Gasteiger partial charge in [0.2, 0.25) is 0 Å². The van der Waals surface area contributed by atoms with Gasteiger partial charge in [-0.25, -0.2) is 0 Å². The highest BCUT2D eigenvalue weighted by Gasteiger charge is 2.32. The summed E-state index contributed by atoms with van der Waals surface area (Å²) in [6.07, 6.45) is -1.00. The molecule has 1 saturated heterocycles. The summed E-state index contributed by atoms with van der Waals surface area (Å²) >= 11 is 0. The fourth-order valence-electron chi connectivity index (χ4n) is 1.46. The molecule has 0 aromatic carbocycles. The number of aliphatic hydroxyl groups excluding tert-OH is 3. The fourth-order valence-corrected chi connectivity index (χ4v) is 1.46. The molecule has 11 heavy (non-hydrogen) atoms. The Morgan fingerprint density at radius 2 is 2.09 bits per heavy atom. The second-order valence-electron chi connectivity index (χ2n) is 3.15. The zero-order valence-electron chi connectivity index (χ0n) is 6.57. The van der Waals surface area contributed by atoms with E-state index in [4.69, 9.17) is 5.11 Å². The number of nitrogens with one attached hydrogen (secondary N) is 1. The van der Waals surface area contributed by atoms with Crippen LogP contribution in [-0.2, 0) is 0 Å². The van der Waals surface area contributed by atoms with E-state index in [1.807, 2.05) is 6.92 Å². The van der Waals surface area contributed by atoms with Crippen LogP contribution in [0.3, 0.4) is 0 Å². The first-order chi connectivity index (χ1) is 5.15. The van der Waals surface area contributed by atoms with Crippen molar-refractivity contribution in [3.63, 3.8) is 0 Å². The lowest BCUT2D eigenvalue weighted by atomic mass is 9.94. The smallest absolute Gasteiger partial charge is 0.0974 e. The minimum atomic E-state index is -0.837. The molecule has 66 valence electrons. The van der Waals surface area contributed by atoms with Gasteiger partial charge >= 0.3 is 0 Å². The summed E-state index contributed by atoms with van der Waals surface area (Å²) in [7, 11) is 0. The Balaban J connectivity index is 2.51. The molecule has 0 bridgehead atoms. The normalized spacial score (nSPS) is 45.8. The lowest BCUT2D eigenvalue weighted by molar-refractivity contribution is -0.0488. The molecule has 0 spiro atoms. The minimum Gasteiger partial charge on any atom is -0.395 e. The summed E-state index contributed by atoms with van der Waals surface area (Å²) in [5.41, 5.74) is 0. The Morgan fingerprint density at radius 3 is 2.64 bits per heavy atom. The summed E-state index contributed by atoms with van der Waals surface area (Å²) in [5.74, 6) is 0. The van der Waals surface area contributed by atoms with Crippen molar-refractivity contribution in [1.82, 2.24) is 5.32 Å². The van der Waals surface area contributed by atoms with Crippen LogP contribution in [0.5, 0.6) is 0 Å². The number of hydrogen-bond donors (Lipinski definition) is 4. The molecule has 4 atom stereocenters. The van der Waals surface area contributed by atoms with E-state index in [0.29, 0.717) is 6.42 Å². The van der Waals surface area contributed by atoms with Crippen LogP contribution in [-0.4, -0.2) is 46.2 Å². The van der Waals surface area contributed by atoms with E-state index in [1.165, 1.54) is 0 Å². The molecule has 1 aliphatic rings. The van der Waals surface area contributed by atoms with Gasteiger partial charge in [-0.2, -0.15) is 0 Å². The van der Waals surface area contributed by atoms with Crippen LogP contribution in [0.15, 0.2) is 0 Å². The average molecular weight is 161 g/mol. The van der Waals surface area contributed by atoms with Gasteiger partial charge in [-0.05, 0) is 13.3 Å². The molecule has 0 aliphatic carbocycles. The first-order valence-corrected chi connectivity index (χ1v) is 3.88. The molecule has 0 radical (unpaired) electrons. The molecule has 4 unspecified atom stereocenters. The van der Waals surface area contributed by atoms with Crippen LogP contribution in [0.4, 0.5) is 0 Å². The van der Waals surface area contributed by atoms with Gasteiger partial charge in [0, 0.05) is 6.04 Å². The number of rotatable bonds is 1. The molecule has 0 aromatic heterocycles. The van der Waals surface area contributed by atoms with Crippen LogP contribution in [0.25, 0.3) is 0 Å². The van der Waals surface area contributed by atoms with E-state index in [9.17, 15) is 10.2 Å². The van der Waals surface area contributed by atoms with Gasteiger partial charge in [-0.3, -0.25) is 0 Å². The zero-order valence-corrected chi connectivity index (χ0v) is 6.57. The lowest BCUT2D eigenvalue weighted by Gasteiger charge is -2.35. The minimum absolute atomic E-state index is 0.136. The van der Waals surface area contributed by atoms with Crippen molar-refractivity contribution in [3.05, 3.63) is 0 Å². The van der Waals surface area contributed by atoms with Gasteiger partial charge in [-0.1, -0.05) is 0 Å². The standard InChI is InChI=1S/C7H15NO3/c1-4-2-6(10)7(11)5(3-9)8-4/h4-11H,2-3H2,1H3. The highest BCUT2D eigenvalue weighted by Crippen LogP contribution is 2.13. The summed E-state index contributed by atoms with van der Waals surface area (Å²) in [6, 6.07) is -0.223. The maximum absolute atomic E-state index is 9.28. The molecular formula is C7H15NO3. The van der Waals surface area contributed by atoms with Crippen LogP contribution in [0, 0.1) is 0 Å². The maximum Gasteiger partial charge on any atom is 0.0974 e. The van der Waals surface area contributed by atoms with Crippen molar-refractivity contribution in [2.75, 3.05) is 6.61 Å². The molecule has 4 heteroatoms. The molecule has 0 saturated carbocycles. The third-order valence-electron chi connectivity index (χ3n) is 2.10. The van der Waals surface area contributed by atoms with Crippen molar-refractivity contribution in [2.45, 2.75) is 37.6 Å². The molecule has 0 aromatic rings. The molecule has 1 heterocycles. The summed E-state index contributed by atoms with van der Waals surface area (Å²) in [6.45, 7) is 1.78. The van der Waals surface area contributed by atoms with Crippen molar-refractivity contribution < 1.29 is 15.3 Å². The van der Waals surface area contributed by atoms with Gasteiger partial charge in [0.05, 0.1) is 24.9 Å². The van der Waals surface area contributed by atoms with Gasteiger partial charge in [0.15, 0.2) is 0 Å². The summed E-state index contributed by atoms with van der Waals surface area (Å²) < 4.78 is 0. The van der Waals surface area contributed by atoms with E-state index in [-0.39, 0.29) is 18.7 Å². The number of hydrogen-bond acceptors (Lipinski definition) is 4. The maximum atomic E-state index is 9.28. The third-order valence-corrected chi connectivity index (χ3v) is 2.10. The van der Waals surface area contributed by atoms with E-state index in [1.54, 1.807) is 0 Å². The predicted octanol–water partition coefficient (Wildman–Crippen LogP) is -1.55. The second-order valence-corrected chi connectivity index (χ2v) is 3.15. The van der Waals surface area contributed by atoms with E-state index in [0.717, 1.165) is 0 Å². The average Bonchev–Trinajstić information content (AvgIpc) is 1.96. The highest BCUT2D eigenvalue weighted by molar-refractivity contribution is 4.89. The molecule has 0 amide bonds. The van der Waals surface area contributed by atoms with Gasteiger partial charge in [0.25, 0.3) is 0 Å². The second kappa shape index (κ2) is 3.49. The van der Waals surface area contributed by atoms with Crippen molar-refractivity contribution >= 4 is 0 Å². The SMILES string of the molecule is CC1CC(O)C(O)C(CO)N1. The first-order valence-electron chi connectivity index (χ1n) is 3.88. The van der Waals surface area contributed by atoms with Crippen molar-refractivity contribution in [2.24, 2.45) is 0 Å². The molecule has 4 nitrogen and oxygen atoms in total. The lowest BCUT2D eigenvalue weighted by Crippen LogP contribution is -2.57. The van der Waals surface area contributed by atoms with Gasteiger partial charge < -0.3 is 20.6 Å². The molecular weight excluding hydrogens is 146 g/mol. The van der Waals surface area contributed by atoms with Gasteiger partial charge in [0.1, 0.15) is 0 Å². The van der Waals surface area contributed by atoms with E-state index < -0.39 is 12.2 Å². The molecule has 1 fully saturated rings. The van der Waals surface area contributed by atoms with Crippen molar-refractivity contribution in [1.29, 1.82) is 0 Å². The fraction of sp³-hybridized carbons (Fsp3) is 1.00. The topological polar surface area (TPSA) is 72.7 Å². The van der Waals surface area contributed by atoms with Gasteiger partial charge in [-0.15, -0.1) is 0 Å². The number of aliphatic hydroxyl groups is 3. The number of piperidine rings is 1. The monoisotopic (exact) mass is 161 g/mol. The summed E-state index contributed by atoms with van der Waals surface area (Å²) in [4.78, 5) is 0. The third kappa shape index (κ3) is 1.90.